The third kappa shape index (κ3) is 4.53. The minimum absolute atomic E-state index is 0.0352. The number of aryl methyl sites for hydroxylation is 1. The fourth-order valence-corrected chi connectivity index (χ4v) is 5.05. The number of hydrogen-bond donors (Lipinski definition) is 0. The summed E-state index contributed by atoms with van der Waals surface area (Å²) in [5.74, 6) is -0.167. The van der Waals surface area contributed by atoms with E-state index in [9.17, 15) is 21.6 Å². The minimum atomic E-state index is -4.56. The molecule has 0 aliphatic rings. The Hall–Kier alpha value is -3.11. The minimum Gasteiger partial charge on any atom is -0.336 e. The highest BCUT2D eigenvalue weighted by atomic mass is 79.9. The number of anilines is 2. The lowest BCUT2D eigenvalue weighted by atomic mass is 10.1. The standard InChI is InChI=1S/C23H16BrF3N2O3S/c1-15-21(24)22(32-28-15)29(19-11-9-18(10-12-19)23(25,26)27)33(30,31)20-13-7-17(8-14-20)16-5-3-2-4-6-16/h2-14H,1H3. The van der Waals surface area contributed by atoms with Gasteiger partial charge in [-0.25, -0.2) is 8.42 Å². The molecule has 33 heavy (non-hydrogen) atoms. The molecule has 0 saturated carbocycles. The molecule has 4 rings (SSSR count). The fourth-order valence-electron chi connectivity index (χ4n) is 3.18. The van der Waals surface area contributed by atoms with Gasteiger partial charge in [-0.3, -0.25) is 0 Å². The summed E-state index contributed by atoms with van der Waals surface area (Å²) in [6, 6.07) is 19.4. The zero-order valence-corrected chi connectivity index (χ0v) is 19.4. The smallest absolute Gasteiger partial charge is 0.336 e. The normalized spacial score (nSPS) is 12.0. The van der Waals surface area contributed by atoms with E-state index >= 15 is 0 Å². The molecule has 170 valence electrons. The highest BCUT2D eigenvalue weighted by Gasteiger charge is 2.34. The summed E-state index contributed by atoms with van der Waals surface area (Å²) in [6.45, 7) is 1.60. The lowest BCUT2D eigenvalue weighted by Crippen LogP contribution is -2.26. The molecule has 0 aliphatic carbocycles. The first kappa shape index (κ1) is 23.1. The molecule has 10 heteroatoms. The Morgan fingerprint density at radius 3 is 1.97 bits per heavy atom. The maximum Gasteiger partial charge on any atom is 0.416 e. The third-order valence-electron chi connectivity index (χ3n) is 4.89. The fraction of sp³-hybridized carbons (Fsp3) is 0.0870. The van der Waals surface area contributed by atoms with Crippen LogP contribution in [0.2, 0.25) is 0 Å². The number of alkyl halides is 3. The monoisotopic (exact) mass is 536 g/mol. The zero-order valence-electron chi connectivity index (χ0n) is 17.0. The SMILES string of the molecule is Cc1noc(N(c2ccc(C(F)(F)F)cc2)S(=O)(=O)c2ccc(-c3ccccc3)cc2)c1Br. The molecular formula is C23H16BrF3N2O3S. The second kappa shape index (κ2) is 8.68. The number of benzene rings is 3. The predicted octanol–water partition coefficient (Wildman–Crippen LogP) is 6.96. The molecule has 0 saturated heterocycles. The number of rotatable bonds is 5. The number of aromatic nitrogens is 1. The largest absolute Gasteiger partial charge is 0.416 e. The molecule has 4 aromatic rings. The number of halogens is 4. The molecule has 0 unspecified atom stereocenters. The van der Waals surface area contributed by atoms with Crippen LogP contribution in [-0.4, -0.2) is 13.6 Å². The van der Waals surface area contributed by atoms with E-state index in [4.69, 9.17) is 4.52 Å². The molecule has 1 aromatic heterocycles. The van der Waals surface area contributed by atoms with E-state index in [0.717, 1.165) is 39.7 Å². The lowest BCUT2D eigenvalue weighted by Gasteiger charge is -2.22. The van der Waals surface area contributed by atoms with E-state index in [-0.39, 0.29) is 20.9 Å². The van der Waals surface area contributed by atoms with Crippen LogP contribution in [0, 0.1) is 6.92 Å². The number of nitrogens with zero attached hydrogens (tertiary/aromatic N) is 2. The Morgan fingerprint density at radius 2 is 1.45 bits per heavy atom. The summed E-state index contributed by atoms with van der Waals surface area (Å²) in [4.78, 5) is -0.0666. The van der Waals surface area contributed by atoms with Crippen LogP contribution in [0.1, 0.15) is 11.3 Å². The van der Waals surface area contributed by atoms with E-state index in [2.05, 4.69) is 21.1 Å². The topological polar surface area (TPSA) is 63.4 Å². The van der Waals surface area contributed by atoms with Gasteiger partial charge < -0.3 is 4.52 Å². The average molecular weight is 537 g/mol. The average Bonchev–Trinajstić information content (AvgIpc) is 3.12. The van der Waals surface area contributed by atoms with Gasteiger partial charge in [0.25, 0.3) is 15.9 Å². The summed E-state index contributed by atoms with van der Waals surface area (Å²) < 4.78 is 72.6. The highest BCUT2D eigenvalue weighted by Crippen LogP contribution is 2.40. The predicted molar refractivity (Wildman–Crippen MR) is 122 cm³/mol. The molecular weight excluding hydrogens is 521 g/mol. The number of hydrogen-bond acceptors (Lipinski definition) is 4. The Kier molecular flexibility index (Phi) is 6.06. The van der Waals surface area contributed by atoms with E-state index in [1.165, 1.54) is 12.1 Å². The molecule has 1 heterocycles. The van der Waals surface area contributed by atoms with Crippen molar-refractivity contribution < 1.29 is 26.1 Å². The molecule has 3 aromatic carbocycles. The second-order valence-electron chi connectivity index (χ2n) is 7.09. The van der Waals surface area contributed by atoms with Crippen LogP contribution in [0.25, 0.3) is 11.1 Å². The lowest BCUT2D eigenvalue weighted by molar-refractivity contribution is -0.137. The van der Waals surface area contributed by atoms with Crippen molar-refractivity contribution in [1.29, 1.82) is 0 Å². The van der Waals surface area contributed by atoms with E-state index in [0.29, 0.717) is 5.69 Å². The summed E-state index contributed by atoms with van der Waals surface area (Å²) >= 11 is 3.26. The first-order valence-corrected chi connectivity index (χ1v) is 11.8. The van der Waals surface area contributed by atoms with Gasteiger partial charge in [0.05, 0.1) is 21.8 Å². The van der Waals surface area contributed by atoms with Crippen molar-refractivity contribution in [3.8, 4) is 11.1 Å². The molecule has 0 N–H and O–H groups in total. The molecule has 5 nitrogen and oxygen atoms in total. The van der Waals surface area contributed by atoms with Gasteiger partial charge in [0, 0.05) is 0 Å². The Labute approximate surface area is 196 Å². The Balaban J connectivity index is 1.80. The van der Waals surface area contributed by atoms with E-state index in [1.807, 2.05) is 30.3 Å². The Morgan fingerprint density at radius 1 is 0.879 bits per heavy atom. The van der Waals surface area contributed by atoms with Crippen LogP contribution in [0.4, 0.5) is 24.7 Å². The second-order valence-corrected chi connectivity index (χ2v) is 9.67. The summed E-state index contributed by atoms with van der Waals surface area (Å²) in [5.41, 5.74) is 1.18. The maximum absolute atomic E-state index is 13.6. The van der Waals surface area contributed by atoms with Gasteiger partial charge in [-0.2, -0.15) is 17.5 Å². The molecule has 0 radical (unpaired) electrons. The summed E-state index contributed by atoms with van der Waals surface area (Å²) in [5, 5.41) is 3.77. The molecule has 0 bridgehead atoms. The first-order chi connectivity index (χ1) is 15.6. The van der Waals surface area contributed by atoms with Crippen LogP contribution >= 0.6 is 15.9 Å². The van der Waals surface area contributed by atoms with Crippen molar-refractivity contribution in [2.45, 2.75) is 18.0 Å². The van der Waals surface area contributed by atoms with Crippen LogP contribution in [0.15, 0.2) is 92.8 Å². The van der Waals surface area contributed by atoms with Crippen molar-refractivity contribution in [2.75, 3.05) is 4.31 Å². The molecule has 0 fully saturated rings. The molecule has 0 spiro atoms. The first-order valence-electron chi connectivity index (χ1n) is 9.59. The van der Waals surface area contributed by atoms with Crippen LogP contribution < -0.4 is 4.31 Å². The van der Waals surface area contributed by atoms with Gasteiger partial charge in [0.15, 0.2) is 0 Å². The third-order valence-corrected chi connectivity index (χ3v) is 7.53. The van der Waals surface area contributed by atoms with E-state index < -0.39 is 21.8 Å². The van der Waals surface area contributed by atoms with Crippen molar-refractivity contribution in [2.24, 2.45) is 0 Å². The van der Waals surface area contributed by atoms with Crippen molar-refractivity contribution in [3.63, 3.8) is 0 Å². The van der Waals surface area contributed by atoms with Gasteiger partial charge in [0.1, 0.15) is 4.47 Å². The van der Waals surface area contributed by atoms with Crippen LogP contribution in [-0.2, 0) is 16.2 Å². The summed E-state index contributed by atoms with van der Waals surface area (Å²) in [6.07, 6.45) is -4.56. The maximum atomic E-state index is 13.6. The molecule has 0 amide bonds. The zero-order chi connectivity index (χ0) is 23.8. The van der Waals surface area contributed by atoms with E-state index in [1.54, 1.807) is 19.1 Å². The summed E-state index contributed by atoms with van der Waals surface area (Å²) in [7, 11) is -4.28. The number of sulfonamides is 1. The van der Waals surface area contributed by atoms with Gasteiger partial charge >= 0.3 is 6.18 Å². The molecule has 0 aliphatic heterocycles. The quantitative estimate of drug-likeness (QED) is 0.276. The van der Waals surface area contributed by atoms with Gasteiger partial charge in [-0.1, -0.05) is 47.6 Å². The highest BCUT2D eigenvalue weighted by molar-refractivity contribution is 9.10. The van der Waals surface area contributed by atoms with Crippen molar-refractivity contribution >= 4 is 37.5 Å². The Bertz CT molecular complexity index is 1370. The van der Waals surface area contributed by atoms with Gasteiger partial charge in [-0.05, 0) is 70.4 Å². The van der Waals surface area contributed by atoms with Gasteiger partial charge in [0.2, 0.25) is 0 Å². The van der Waals surface area contributed by atoms with Crippen LogP contribution in [0.3, 0.4) is 0 Å². The van der Waals surface area contributed by atoms with Gasteiger partial charge in [-0.15, -0.1) is 0 Å². The van der Waals surface area contributed by atoms with Crippen LogP contribution in [0.5, 0.6) is 0 Å². The molecule has 0 atom stereocenters. The van der Waals surface area contributed by atoms with Crippen molar-refractivity contribution in [1.82, 2.24) is 5.16 Å². The van der Waals surface area contributed by atoms with Crippen molar-refractivity contribution in [3.05, 3.63) is 94.6 Å².